The topological polar surface area (TPSA) is 143 Å². The van der Waals surface area contributed by atoms with Gasteiger partial charge in [-0.3, -0.25) is 4.79 Å². The third kappa shape index (κ3) is 4.68. The van der Waals surface area contributed by atoms with Crippen LogP contribution in [0, 0.1) is 4.91 Å². The average Bonchev–Trinajstić information content (AvgIpc) is 3.18. The summed E-state index contributed by atoms with van der Waals surface area (Å²) in [4.78, 5) is 22.6. The number of amides is 1. The van der Waals surface area contributed by atoms with Gasteiger partial charge in [-0.15, -0.1) is 4.91 Å². The molecule has 3 aromatic rings. The van der Waals surface area contributed by atoms with Gasteiger partial charge < -0.3 is 29.5 Å². The van der Waals surface area contributed by atoms with Crippen molar-refractivity contribution in [2.45, 2.75) is 0 Å². The number of ether oxygens (including phenoxy) is 2. The first-order valence-electron chi connectivity index (χ1n) is 8.43. The van der Waals surface area contributed by atoms with Crippen LogP contribution in [-0.2, 0) is 4.74 Å². The first-order valence-corrected chi connectivity index (χ1v) is 8.43. The molecule has 0 unspecified atom stereocenters. The highest BCUT2D eigenvalue weighted by molar-refractivity contribution is 5.93. The van der Waals surface area contributed by atoms with Crippen molar-refractivity contribution >= 4 is 11.6 Å². The van der Waals surface area contributed by atoms with Gasteiger partial charge in [0, 0.05) is 31.9 Å². The van der Waals surface area contributed by atoms with E-state index in [1.54, 1.807) is 0 Å². The third-order valence-electron chi connectivity index (χ3n) is 3.82. The van der Waals surface area contributed by atoms with Gasteiger partial charge in [-0.05, 0) is 29.4 Å². The Morgan fingerprint density at radius 3 is 2.66 bits per heavy atom. The summed E-state index contributed by atoms with van der Waals surface area (Å²) in [6, 6.07) is 9.58. The Hall–Kier alpha value is -3.92. The number of benzene rings is 2. The number of nitroso groups, excluding NO2 is 1. The van der Waals surface area contributed by atoms with E-state index in [2.05, 4.69) is 15.7 Å². The second-order valence-corrected chi connectivity index (χ2v) is 5.85. The van der Waals surface area contributed by atoms with Crippen LogP contribution in [0.3, 0.4) is 0 Å². The third-order valence-corrected chi connectivity index (χ3v) is 3.82. The number of phenols is 2. The lowest BCUT2D eigenvalue weighted by Crippen LogP contribution is -2.27. The maximum Gasteiger partial charge on any atom is 0.273 e. The SMILES string of the molecule is COCCNC(=O)c1cc(-c2c(O)cc(O)cc2Oc2ccc(N=O)cc2)on1. The molecule has 1 aromatic heterocycles. The molecule has 10 nitrogen and oxygen atoms in total. The zero-order chi connectivity index (χ0) is 20.8. The van der Waals surface area contributed by atoms with Gasteiger partial charge in [0.2, 0.25) is 0 Å². The molecular weight excluding hydrogens is 382 g/mol. The lowest BCUT2D eigenvalue weighted by Gasteiger charge is -2.11. The van der Waals surface area contributed by atoms with Crippen LogP contribution < -0.4 is 10.1 Å². The fraction of sp³-hybridized carbons (Fsp3) is 0.158. The van der Waals surface area contributed by atoms with E-state index < -0.39 is 5.91 Å². The lowest BCUT2D eigenvalue weighted by molar-refractivity contribution is 0.0928. The van der Waals surface area contributed by atoms with Crippen molar-refractivity contribution in [3.8, 4) is 34.3 Å². The molecule has 0 radical (unpaired) electrons. The minimum Gasteiger partial charge on any atom is -0.508 e. The molecule has 0 spiro atoms. The number of phenolic OH excluding ortho intramolecular Hbond substituents is 2. The molecule has 0 fully saturated rings. The quantitative estimate of drug-likeness (QED) is 0.386. The number of aromatic nitrogens is 1. The first kappa shape index (κ1) is 19.8. The van der Waals surface area contributed by atoms with Crippen LogP contribution >= 0.6 is 0 Å². The normalized spacial score (nSPS) is 10.5. The van der Waals surface area contributed by atoms with Crippen molar-refractivity contribution in [1.29, 1.82) is 0 Å². The van der Waals surface area contributed by atoms with E-state index >= 15 is 0 Å². The summed E-state index contributed by atoms with van der Waals surface area (Å²) < 4.78 is 15.8. The van der Waals surface area contributed by atoms with Crippen LogP contribution in [0.1, 0.15) is 10.5 Å². The highest BCUT2D eigenvalue weighted by Crippen LogP contribution is 2.43. The Labute approximate surface area is 164 Å². The molecule has 0 aliphatic carbocycles. The van der Waals surface area contributed by atoms with Gasteiger partial charge in [0.15, 0.2) is 11.5 Å². The highest BCUT2D eigenvalue weighted by Gasteiger charge is 2.21. The van der Waals surface area contributed by atoms with Gasteiger partial charge in [0.25, 0.3) is 5.91 Å². The van der Waals surface area contributed by atoms with Crippen molar-refractivity contribution in [3.63, 3.8) is 0 Å². The molecule has 3 rings (SSSR count). The zero-order valence-electron chi connectivity index (χ0n) is 15.3. The molecule has 3 N–H and O–H groups in total. The zero-order valence-corrected chi connectivity index (χ0v) is 15.3. The summed E-state index contributed by atoms with van der Waals surface area (Å²) in [6.45, 7) is 0.633. The van der Waals surface area contributed by atoms with E-state index in [1.165, 1.54) is 43.5 Å². The molecule has 1 amide bonds. The lowest BCUT2D eigenvalue weighted by atomic mass is 10.1. The predicted octanol–water partition coefficient (Wildman–Crippen LogP) is 3.32. The van der Waals surface area contributed by atoms with E-state index in [-0.39, 0.29) is 40.0 Å². The van der Waals surface area contributed by atoms with Crippen LogP contribution in [0.15, 0.2) is 52.2 Å². The number of nitrogens with one attached hydrogen (secondary N) is 1. The first-order chi connectivity index (χ1) is 14.0. The van der Waals surface area contributed by atoms with E-state index in [9.17, 15) is 19.9 Å². The Morgan fingerprint density at radius 1 is 1.21 bits per heavy atom. The molecule has 0 saturated heterocycles. The smallest absolute Gasteiger partial charge is 0.273 e. The van der Waals surface area contributed by atoms with Gasteiger partial charge in [0.1, 0.15) is 34.2 Å². The predicted molar refractivity (Wildman–Crippen MR) is 101 cm³/mol. The van der Waals surface area contributed by atoms with Crippen molar-refractivity contribution in [2.75, 3.05) is 20.3 Å². The van der Waals surface area contributed by atoms with Gasteiger partial charge in [-0.1, -0.05) is 5.16 Å². The fourth-order valence-corrected chi connectivity index (χ4v) is 2.47. The number of aromatic hydroxyl groups is 2. The van der Waals surface area contributed by atoms with Crippen LogP contribution in [0.2, 0.25) is 0 Å². The summed E-state index contributed by atoms with van der Waals surface area (Å²) in [5.41, 5.74) is 0.301. The molecule has 10 heteroatoms. The molecule has 29 heavy (non-hydrogen) atoms. The van der Waals surface area contributed by atoms with Crippen molar-refractivity contribution < 1.29 is 29.0 Å². The Bertz CT molecular complexity index is 1020. The minimum atomic E-state index is -0.477. The largest absolute Gasteiger partial charge is 0.508 e. The number of carbonyl (C=O) groups excluding carboxylic acids is 1. The molecule has 150 valence electrons. The molecule has 2 aromatic carbocycles. The monoisotopic (exact) mass is 399 g/mol. The molecule has 0 aliphatic rings. The second-order valence-electron chi connectivity index (χ2n) is 5.85. The maximum absolute atomic E-state index is 12.1. The van der Waals surface area contributed by atoms with Gasteiger partial charge in [-0.2, -0.15) is 0 Å². The van der Waals surface area contributed by atoms with Crippen molar-refractivity contribution in [1.82, 2.24) is 10.5 Å². The summed E-state index contributed by atoms with van der Waals surface area (Å²) in [5, 5.41) is 29.2. The number of hydrogen-bond acceptors (Lipinski definition) is 9. The molecule has 0 aliphatic heterocycles. The van der Waals surface area contributed by atoms with E-state index in [4.69, 9.17) is 14.0 Å². The molecular formula is C19H17N3O7. The van der Waals surface area contributed by atoms with Crippen LogP contribution in [0.4, 0.5) is 5.69 Å². The van der Waals surface area contributed by atoms with E-state index in [0.29, 0.717) is 18.9 Å². The summed E-state index contributed by atoms with van der Waals surface area (Å²) in [6.07, 6.45) is 0. The summed E-state index contributed by atoms with van der Waals surface area (Å²) in [5.74, 6) is -0.633. The number of methoxy groups -OCH3 is 1. The van der Waals surface area contributed by atoms with Crippen LogP contribution in [0.25, 0.3) is 11.3 Å². The van der Waals surface area contributed by atoms with Crippen LogP contribution in [0.5, 0.6) is 23.0 Å². The van der Waals surface area contributed by atoms with Gasteiger partial charge in [0.05, 0.1) is 6.61 Å². The number of rotatable bonds is 8. The maximum atomic E-state index is 12.1. The highest BCUT2D eigenvalue weighted by atomic mass is 16.5. The summed E-state index contributed by atoms with van der Waals surface area (Å²) >= 11 is 0. The standard InChI is InChI=1S/C19H17N3O7/c1-27-7-6-20-19(25)14-10-17(29-22-14)18-15(24)8-12(23)9-16(18)28-13-4-2-11(21-26)3-5-13/h2-5,8-10,23-24H,6-7H2,1H3,(H,20,25). The molecule has 0 bridgehead atoms. The van der Waals surface area contributed by atoms with Crippen LogP contribution in [-0.4, -0.2) is 41.5 Å². The summed E-state index contributed by atoms with van der Waals surface area (Å²) in [7, 11) is 1.51. The number of carbonyl (C=O) groups is 1. The van der Waals surface area contributed by atoms with Gasteiger partial charge in [-0.25, -0.2) is 0 Å². The molecule has 1 heterocycles. The van der Waals surface area contributed by atoms with Crippen molar-refractivity contribution in [2.24, 2.45) is 5.18 Å². The van der Waals surface area contributed by atoms with Gasteiger partial charge >= 0.3 is 0 Å². The van der Waals surface area contributed by atoms with Crippen molar-refractivity contribution in [3.05, 3.63) is 53.1 Å². The Balaban J connectivity index is 1.91. The molecule has 0 saturated carbocycles. The Morgan fingerprint density at radius 2 is 1.97 bits per heavy atom. The average molecular weight is 399 g/mol. The van der Waals surface area contributed by atoms with E-state index in [1.807, 2.05) is 0 Å². The number of hydrogen-bond donors (Lipinski definition) is 3. The fourth-order valence-electron chi connectivity index (χ4n) is 2.47. The van der Waals surface area contributed by atoms with E-state index in [0.717, 1.165) is 6.07 Å². The Kier molecular flexibility index (Phi) is 6.05. The minimum absolute atomic E-state index is 0.00376. The number of nitrogens with zero attached hydrogens (tertiary/aromatic N) is 2. The molecule has 0 atom stereocenters. The second kappa shape index (κ2) is 8.85.